The normalized spacial score (nSPS) is 10.7. The second-order valence-corrected chi connectivity index (χ2v) is 10.6. The zero-order valence-electron chi connectivity index (χ0n) is 21.6. The first-order valence-corrected chi connectivity index (χ1v) is 14.1. The van der Waals surface area contributed by atoms with Gasteiger partial charge >= 0.3 is 0 Å². The van der Waals surface area contributed by atoms with Gasteiger partial charge in [-0.2, -0.15) is 0 Å². The van der Waals surface area contributed by atoms with E-state index in [0.717, 1.165) is 20.8 Å². The van der Waals surface area contributed by atoms with Gasteiger partial charge in [0.2, 0.25) is 11.7 Å². The van der Waals surface area contributed by atoms with E-state index in [9.17, 15) is 18.4 Å². The fourth-order valence-corrected chi connectivity index (χ4v) is 4.76. The zero-order chi connectivity index (χ0) is 29.2. The predicted octanol–water partition coefficient (Wildman–Crippen LogP) is 5.82. The molecule has 9 nitrogen and oxygen atoms in total. The molecule has 0 saturated heterocycles. The number of hydrogen-bond donors (Lipinski definition) is 3. The van der Waals surface area contributed by atoms with Crippen molar-refractivity contribution in [2.24, 2.45) is 0 Å². The van der Waals surface area contributed by atoms with Gasteiger partial charge in [-0.05, 0) is 71.3 Å². The van der Waals surface area contributed by atoms with Gasteiger partial charge in [-0.15, -0.1) is 20.4 Å². The molecule has 0 aliphatic rings. The van der Waals surface area contributed by atoms with Gasteiger partial charge in [0.05, 0.1) is 22.0 Å². The lowest BCUT2D eigenvalue weighted by atomic mass is 10.1. The van der Waals surface area contributed by atoms with Crippen molar-refractivity contribution < 1.29 is 18.4 Å². The third-order valence-electron chi connectivity index (χ3n) is 6.01. The number of halogens is 4. The molecular formula is C28H25ClF2IN7O2. The monoisotopic (exact) mass is 691 g/mol. The van der Waals surface area contributed by atoms with E-state index in [4.69, 9.17) is 11.6 Å². The average molecular weight is 692 g/mol. The van der Waals surface area contributed by atoms with Gasteiger partial charge < -0.3 is 16.0 Å². The van der Waals surface area contributed by atoms with Gasteiger partial charge in [0.25, 0.3) is 5.91 Å². The summed E-state index contributed by atoms with van der Waals surface area (Å²) in [6, 6.07) is 14.6. The largest absolute Gasteiger partial charge is 0.352 e. The highest BCUT2D eigenvalue weighted by molar-refractivity contribution is 14.1. The molecule has 212 valence electrons. The molecule has 0 radical (unpaired) electrons. The second-order valence-electron chi connectivity index (χ2n) is 8.94. The maximum Gasteiger partial charge on any atom is 0.253 e. The molecule has 0 spiro atoms. The summed E-state index contributed by atoms with van der Waals surface area (Å²) in [5, 5.41) is 23.9. The summed E-state index contributed by atoms with van der Waals surface area (Å²) in [5.74, 6) is -2.46. The third-order valence-corrected chi connectivity index (χ3v) is 6.99. The molecule has 4 rings (SSSR count). The van der Waals surface area contributed by atoms with Crippen LogP contribution in [0.25, 0.3) is 11.4 Å². The number of unbranched alkanes of at least 4 members (excludes halogenated alkanes) is 2. The molecule has 41 heavy (non-hydrogen) atoms. The van der Waals surface area contributed by atoms with Gasteiger partial charge in [-0.25, -0.2) is 8.78 Å². The highest BCUT2D eigenvalue weighted by Gasteiger charge is 2.20. The molecule has 0 aliphatic carbocycles. The first-order chi connectivity index (χ1) is 19.8. The van der Waals surface area contributed by atoms with Gasteiger partial charge in [0, 0.05) is 28.6 Å². The summed E-state index contributed by atoms with van der Waals surface area (Å²) in [7, 11) is 0. The highest BCUT2D eigenvalue weighted by Crippen LogP contribution is 2.31. The van der Waals surface area contributed by atoms with Crippen LogP contribution in [-0.4, -0.2) is 38.8 Å². The van der Waals surface area contributed by atoms with E-state index in [0.29, 0.717) is 55.3 Å². The molecular weight excluding hydrogens is 667 g/mol. The summed E-state index contributed by atoms with van der Waals surface area (Å²) in [5.41, 5.74) is 1.71. The molecule has 2 amide bonds. The van der Waals surface area contributed by atoms with Gasteiger partial charge in [-0.3, -0.25) is 9.59 Å². The number of rotatable bonds is 12. The molecule has 1 aromatic heterocycles. The molecule has 0 unspecified atom stereocenters. The van der Waals surface area contributed by atoms with Crippen LogP contribution in [-0.2, 0) is 11.3 Å². The Kier molecular flexibility index (Phi) is 10.8. The number of amides is 2. The Hall–Kier alpha value is -3.78. The van der Waals surface area contributed by atoms with Crippen LogP contribution in [0, 0.1) is 15.2 Å². The molecule has 1 heterocycles. The van der Waals surface area contributed by atoms with Crippen molar-refractivity contribution in [1.82, 2.24) is 31.0 Å². The van der Waals surface area contributed by atoms with Crippen LogP contribution >= 0.6 is 34.2 Å². The van der Waals surface area contributed by atoms with Gasteiger partial charge in [-0.1, -0.05) is 42.3 Å². The fraction of sp³-hybridized carbons (Fsp3) is 0.214. The number of aromatic nitrogens is 4. The van der Waals surface area contributed by atoms with E-state index in [1.807, 2.05) is 24.3 Å². The summed E-state index contributed by atoms with van der Waals surface area (Å²) >= 11 is 8.30. The molecule has 0 bridgehead atoms. The minimum Gasteiger partial charge on any atom is -0.352 e. The summed E-state index contributed by atoms with van der Waals surface area (Å²) in [4.78, 5) is 25.0. The third kappa shape index (κ3) is 8.60. The molecule has 0 fully saturated rings. The van der Waals surface area contributed by atoms with Crippen molar-refractivity contribution in [3.63, 3.8) is 0 Å². The van der Waals surface area contributed by atoms with Crippen LogP contribution < -0.4 is 16.0 Å². The Labute approximate surface area is 253 Å². The number of anilines is 2. The fourth-order valence-electron chi connectivity index (χ4n) is 3.85. The molecule has 0 saturated carbocycles. The van der Waals surface area contributed by atoms with E-state index < -0.39 is 17.5 Å². The Balaban J connectivity index is 1.18. The number of hydrogen-bond acceptors (Lipinski definition) is 7. The predicted molar refractivity (Wildman–Crippen MR) is 160 cm³/mol. The van der Waals surface area contributed by atoms with Crippen LogP contribution in [0.5, 0.6) is 0 Å². The van der Waals surface area contributed by atoms with E-state index in [1.54, 1.807) is 18.2 Å². The number of carbonyl (C=O) groups is 2. The number of nitrogens with zero attached hydrogens (tertiary/aromatic N) is 4. The van der Waals surface area contributed by atoms with Crippen molar-refractivity contribution in [2.45, 2.75) is 32.2 Å². The standard InChI is InChI=1S/C28H25ClF2IN7O2/c29-21-14-19(32)9-12-23(21)37-26-20(10-11-22(30)25(26)31)28(41)33-13-3-1-2-4-24(40)34-15-17-5-7-18(8-6-17)27-38-35-16-36-39-27/h5-12,14,16,37H,1-4,13,15H2,(H,33,41)(H,34,40). The van der Waals surface area contributed by atoms with Crippen LogP contribution in [0.4, 0.5) is 20.2 Å². The average Bonchev–Trinajstić information content (AvgIpc) is 2.98. The lowest BCUT2D eigenvalue weighted by Gasteiger charge is -2.15. The molecule has 4 aromatic rings. The topological polar surface area (TPSA) is 122 Å². The minimum absolute atomic E-state index is 0.0458. The number of benzene rings is 3. The second kappa shape index (κ2) is 14.7. The first kappa shape index (κ1) is 30.2. The van der Waals surface area contributed by atoms with E-state index in [1.165, 1.54) is 12.4 Å². The maximum absolute atomic E-state index is 14.6. The number of carbonyl (C=O) groups excluding carboxylic acids is 2. The van der Waals surface area contributed by atoms with E-state index in [-0.39, 0.29) is 17.2 Å². The quantitative estimate of drug-likeness (QED) is 0.127. The van der Waals surface area contributed by atoms with Gasteiger partial charge in [0.1, 0.15) is 0 Å². The Bertz CT molecular complexity index is 1510. The van der Waals surface area contributed by atoms with Crippen LogP contribution in [0.2, 0.25) is 5.02 Å². The number of nitrogens with one attached hydrogen (secondary N) is 3. The summed E-state index contributed by atoms with van der Waals surface area (Å²) in [6.07, 6.45) is 3.55. The molecule has 13 heteroatoms. The van der Waals surface area contributed by atoms with Crippen LogP contribution in [0.3, 0.4) is 0 Å². The van der Waals surface area contributed by atoms with Crippen molar-refractivity contribution in [1.29, 1.82) is 0 Å². The molecule has 3 aromatic carbocycles. The lowest BCUT2D eigenvalue weighted by molar-refractivity contribution is -0.121. The molecule has 0 atom stereocenters. The Morgan fingerprint density at radius 1 is 0.902 bits per heavy atom. The van der Waals surface area contributed by atoms with E-state index >= 15 is 0 Å². The van der Waals surface area contributed by atoms with Crippen LogP contribution in [0.15, 0.2) is 60.9 Å². The van der Waals surface area contributed by atoms with E-state index in [2.05, 4.69) is 58.9 Å². The highest BCUT2D eigenvalue weighted by atomic mass is 127. The van der Waals surface area contributed by atoms with Crippen molar-refractivity contribution >= 4 is 57.4 Å². The lowest BCUT2D eigenvalue weighted by Crippen LogP contribution is -2.26. The summed E-state index contributed by atoms with van der Waals surface area (Å²) in [6.45, 7) is 0.699. The maximum atomic E-state index is 14.6. The zero-order valence-corrected chi connectivity index (χ0v) is 24.5. The molecule has 0 aliphatic heterocycles. The van der Waals surface area contributed by atoms with Crippen molar-refractivity contribution in [2.75, 3.05) is 11.9 Å². The smallest absolute Gasteiger partial charge is 0.253 e. The SMILES string of the molecule is O=C(CCCCCNC(=O)c1ccc(F)c(F)c1Nc1ccc(I)cc1Cl)NCc1ccc(-c2nncnn2)cc1. The van der Waals surface area contributed by atoms with Crippen LogP contribution in [0.1, 0.15) is 41.6 Å². The van der Waals surface area contributed by atoms with Crippen molar-refractivity contribution in [3.05, 3.63) is 92.3 Å². The molecule has 3 N–H and O–H groups in total. The minimum atomic E-state index is -1.17. The first-order valence-electron chi connectivity index (χ1n) is 12.7. The Morgan fingerprint density at radius 2 is 1.66 bits per heavy atom. The Morgan fingerprint density at radius 3 is 2.39 bits per heavy atom. The van der Waals surface area contributed by atoms with Crippen molar-refractivity contribution in [3.8, 4) is 11.4 Å². The summed E-state index contributed by atoms with van der Waals surface area (Å²) < 4.78 is 29.5. The van der Waals surface area contributed by atoms with Gasteiger partial charge in [0.15, 0.2) is 18.0 Å².